The molecular weight excluding hydrogens is 360 g/mol. The van der Waals surface area contributed by atoms with Crippen molar-refractivity contribution >= 4 is 5.97 Å². The van der Waals surface area contributed by atoms with E-state index in [0.29, 0.717) is 17.8 Å². The van der Waals surface area contributed by atoms with Crippen molar-refractivity contribution in [2.45, 2.75) is 88.6 Å². The molecule has 29 heavy (non-hydrogen) atoms. The van der Waals surface area contributed by atoms with Crippen LogP contribution in [0.3, 0.4) is 0 Å². The predicted octanol–water partition coefficient (Wildman–Crippen LogP) is 5.36. The van der Waals surface area contributed by atoms with Gasteiger partial charge in [0.05, 0.1) is 11.5 Å². The van der Waals surface area contributed by atoms with Gasteiger partial charge in [0, 0.05) is 5.41 Å². The van der Waals surface area contributed by atoms with E-state index in [1.165, 1.54) is 16.7 Å². The normalized spacial score (nSPS) is 38.1. The van der Waals surface area contributed by atoms with Crippen molar-refractivity contribution in [2.75, 3.05) is 0 Å². The number of aliphatic hydroxyl groups excluding tert-OH is 1. The Labute approximate surface area is 174 Å². The lowest BCUT2D eigenvalue weighted by Crippen LogP contribution is -2.44. The fourth-order valence-electron chi connectivity index (χ4n) is 7.65. The molecular formula is C26H34O3. The van der Waals surface area contributed by atoms with Crippen molar-refractivity contribution in [3.8, 4) is 0 Å². The first-order chi connectivity index (χ1) is 13.9. The Bertz CT molecular complexity index is 850. The van der Waals surface area contributed by atoms with Crippen LogP contribution in [-0.2, 0) is 16.6 Å². The van der Waals surface area contributed by atoms with Gasteiger partial charge in [-0.2, -0.15) is 0 Å². The van der Waals surface area contributed by atoms with E-state index in [4.69, 9.17) is 0 Å². The van der Waals surface area contributed by atoms with Crippen LogP contribution in [-0.4, -0.2) is 22.3 Å². The number of fused-ring (bicyclic) bond motifs is 5. The van der Waals surface area contributed by atoms with E-state index in [1.54, 1.807) is 0 Å². The van der Waals surface area contributed by atoms with Crippen molar-refractivity contribution in [3.05, 3.63) is 47.0 Å². The van der Waals surface area contributed by atoms with Gasteiger partial charge in [0.1, 0.15) is 0 Å². The van der Waals surface area contributed by atoms with Crippen molar-refractivity contribution < 1.29 is 15.0 Å². The summed E-state index contributed by atoms with van der Waals surface area (Å²) in [5.41, 5.74) is 4.41. The number of hydrogen-bond donors (Lipinski definition) is 2. The third kappa shape index (κ3) is 2.69. The van der Waals surface area contributed by atoms with Crippen LogP contribution in [0.5, 0.6) is 0 Å². The molecule has 5 atom stereocenters. The summed E-state index contributed by atoms with van der Waals surface area (Å²) in [5, 5.41) is 20.8. The minimum atomic E-state index is -0.681. The fourth-order valence-corrected chi connectivity index (χ4v) is 7.65. The summed E-state index contributed by atoms with van der Waals surface area (Å²) in [5.74, 6) is 0.878. The molecule has 0 heterocycles. The third-order valence-electron chi connectivity index (χ3n) is 9.26. The maximum absolute atomic E-state index is 12.3. The van der Waals surface area contributed by atoms with E-state index in [2.05, 4.69) is 31.7 Å². The molecule has 0 aliphatic heterocycles. The molecule has 0 spiro atoms. The van der Waals surface area contributed by atoms with Gasteiger partial charge in [-0.05, 0) is 79.4 Å². The smallest absolute Gasteiger partial charge is 0.314 e. The number of rotatable bonds is 2. The average molecular weight is 395 g/mol. The molecule has 1 aromatic carbocycles. The van der Waals surface area contributed by atoms with E-state index in [-0.39, 0.29) is 11.5 Å². The molecule has 4 aliphatic rings. The summed E-state index contributed by atoms with van der Waals surface area (Å²) < 4.78 is 0. The van der Waals surface area contributed by atoms with Gasteiger partial charge >= 0.3 is 5.97 Å². The Balaban J connectivity index is 1.49. The Morgan fingerprint density at radius 3 is 2.62 bits per heavy atom. The van der Waals surface area contributed by atoms with Gasteiger partial charge in [-0.1, -0.05) is 56.5 Å². The summed E-state index contributed by atoms with van der Waals surface area (Å²) >= 11 is 0. The molecule has 5 rings (SSSR count). The number of aliphatic hydroxyl groups is 1. The quantitative estimate of drug-likeness (QED) is 0.664. The molecule has 3 nitrogen and oxygen atoms in total. The van der Waals surface area contributed by atoms with E-state index in [9.17, 15) is 15.0 Å². The minimum absolute atomic E-state index is 0.00877. The van der Waals surface area contributed by atoms with Gasteiger partial charge in [0.2, 0.25) is 0 Å². The molecule has 0 bridgehead atoms. The van der Waals surface area contributed by atoms with Crippen LogP contribution >= 0.6 is 0 Å². The number of carboxylic acids is 1. The Morgan fingerprint density at radius 2 is 1.90 bits per heavy atom. The lowest BCUT2D eigenvalue weighted by Gasteiger charge is -2.50. The molecule has 0 aromatic heterocycles. The zero-order chi connectivity index (χ0) is 20.4. The molecule has 4 aliphatic carbocycles. The maximum atomic E-state index is 12.3. The highest BCUT2D eigenvalue weighted by molar-refractivity contribution is 5.81. The van der Waals surface area contributed by atoms with E-state index >= 15 is 0 Å². The van der Waals surface area contributed by atoms with Crippen molar-refractivity contribution in [1.82, 2.24) is 0 Å². The fraction of sp³-hybridized carbons (Fsp3) is 0.654. The van der Waals surface area contributed by atoms with Crippen LogP contribution in [0.15, 0.2) is 30.4 Å². The lowest BCUT2D eigenvalue weighted by molar-refractivity contribution is -0.145. The first-order valence-electron chi connectivity index (χ1n) is 11.6. The molecule has 2 N–H and O–H groups in total. The first-order valence-corrected chi connectivity index (χ1v) is 11.6. The van der Waals surface area contributed by atoms with Crippen LogP contribution in [0.25, 0.3) is 0 Å². The Morgan fingerprint density at radius 1 is 1.14 bits per heavy atom. The zero-order valence-electron chi connectivity index (χ0n) is 17.6. The van der Waals surface area contributed by atoms with E-state index in [0.717, 1.165) is 69.8 Å². The van der Waals surface area contributed by atoms with Crippen molar-refractivity contribution in [2.24, 2.45) is 17.3 Å². The standard InChI is InChI=1S/C26H34O3/c1-16-14-22(27)25(2)13-10-20-19-9-7-18(15-17(19)6-8-21(20)23(16)25)26(24(28)29)11-4-3-5-12-26/h7,9,15,20-23,27H,1,3-6,8,10-14H2,2H3,(H,28,29)/t20?,21?,22-,23?,25+/m0/s1. The van der Waals surface area contributed by atoms with Crippen molar-refractivity contribution in [3.63, 3.8) is 0 Å². The average Bonchev–Trinajstić information content (AvgIpc) is 2.96. The van der Waals surface area contributed by atoms with Gasteiger partial charge in [-0.3, -0.25) is 4.79 Å². The summed E-state index contributed by atoms with van der Waals surface area (Å²) in [6, 6.07) is 6.64. The largest absolute Gasteiger partial charge is 0.481 e. The van der Waals surface area contributed by atoms with Crippen LogP contribution in [0.4, 0.5) is 0 Å². The Kier molecular flexibility index (Phi) is 4.47. The summed E-state index contributed by atoms with van der Waals surface area (Å²) in [7, 11) is 0. The van der Waals surface area contributed by atoms with Crippen LogP contribution in [0.2, 0.25) is 0 Å². The SMILES string of the molecule is C=C1C[C@H](O)[C@@]2(C)CCC3c4ccc(C5(C(=O)O)CCCCC5)cc4CCC3C12. The van der Waals surface area contributed by atoms with E-state index in [1.807, 2.05) is 0 Å². The Hall–Kier alpha value is -1.61. The molecule has 3 saturated carbocycles. The van der Waals surface area contributed by atoms with Crippen LogP contribution in [0.1, 0.15) is 87.3 Å². The highest BCUT2D eigenvalue weighted by atomic mass is 16.4. The highest BCUT2D eigenvalue weighted by Gasteiger charge is 2.56. The first kappa shape index (κ1) is 19.4. The minimum Gasteiger partial charge on any atom is -0.481 e. The summed E-state index contributed by atoms with van der Waals surface area (Å²) in [6.45, 7) is 6.63. The second kappa shape index (κ2) is 6.70. The van der Waals surface area contributed by atoms with Crippen LogP contribution < -0.4 is 0 Å². The predicted molar refractivity (Wildman–Crippen MR) is 114 cm³/mol. The van der Waals surface area contributed by atoms with E-state index < -0.39 is 11.4 Å². The topological polar surface area (TPSA) is 57.5 Å². The third-order valence-corrected chi connectivity index (χ3v) is 9.26. The molecule has 1 aromatic rings. The van der Waals surface area contributed by atoms with Gasteiger partial charge in [0.15, 0.2) is 0 Å². The number of aliphatic carboxylic acids is 1. The molecule has 0 amide bonds. The van der Waals surface area contributed by atoms with Crippen LogP contribution in [0, 0.1) is 17.3 Å². The molecule has 0 saturated heterocycles. The molecule has 0 radical (unpaired) electrons. The second-order valence-corrected chi connectivity index (χ2v) is 10.6. The maximum Gasteiger partial charge on any atom is 0.314 e. The van der Waals surface area contributed by atoms with Gasteiger partial charge in [-0.15, -0.1) is 0 Å². The molecule has 156 valence electrons. The second-order valence-electron chi connectivity index (χ2n) is 10.6. The van der Waals surface area contributed by atoms with Gasteiger partial charge in [0.25, 0.3) is 0 Å². The summed E-state index contributed by atoms with van der Waals surface area (Å²) in [4.78, 5) is 12.3. The lowest BCUT2D eigenvalue weighted by atomic mass is 9.54. The molecule has 3 unspecified atom stereocenters. The monoisotopic (exact) mass is 394 g/mol. The van der Waals surface area contributed by atoms with Gasteiger partial charge < -0.3 is 10.2 Å². The van der Waals surface area contributed by atoms with Gasteiger partial charge in [-0.25, -0.2) is 0 Å². The number of benzene rings is 1. The zero-order valence-corrected chi connectivity index (χ0v) is 17.6. The number of aryl methyl sites for hydroxylation is 1. The molecule has 3 fully saturated rings. The van der Waals surface area contributed by atoms with Crippen molar-refractivity contribution in [1.29, 1.82) is 0 Å². The number of hydrogen-bond acceptors (Lipinski definition) is 2. The highest BCUT2D eigenvalue weighted by Crippen LogP contribution is 2.62. The summed E-state index contributed by atoms with van der Waals surface area (Å²) in [6.07, 6.45) is 9.57. The number of carbonyl (C=O) groups is 1. The number of carboxylic acid groups (broad SMARTS) is 1. The molecule has 3 heteroatoms.